The Morgan fingerprint density at radius 3 is 1.92 bits per heavy atom. The Labute approximate surface area is 142 Å². The molecule has 0 radical (unpaired) electrons. The van der Waals surface area contributed by atoms with Crippen LogP contribution in [-0.4, -0.2) is 61.7 Å². The van der Waals surface area contributed by atoms with Crippen molar-refractivity contribution in [3.8, 4) is 0 Å². The summed E-state index contributed by atoms with van der Waals surface area (Å²) in [5.41, 5.74) is 10.8. The van der Waals surface area contributed by atoms with Crippen molar-refractivity contribution in [3.63, 3.8) is 0 Å². The number of carbonyl (C=O) groups excluding carboxylic acids is 2. The molecule has 0 aromatic carbocycles. The summed E-state index contributed by atoms with van der Waals surface area (Å²) >= 11 is 0. The molecule has 0 saturated heterocycles. The molecule has 0 saturated carbocycles. The maximum Gasteiger partial charge on any atom is 0.326 e. The number of hydrogen-bond donors (Lipinski definition) is 6. The lowest BCUT2D eigenvalue weighted by molar-refractivity contribution is -0.142. The predicted molar refractivity (Wildman–Crippen MR) is 91.2 cm³/mol. The third-order valence-corrected chi connectivity index (χ3v) is 3.50. The topological polar surface area (TPSA) is 160 Å². The molecule has 9 heteroatoms. The van der Waals surface area contributed by atoms with Gasteiger partial charge in [-0.05, 0) is 58.7 Å². The van der Waals surface area contributed by atoms with E-state index in [0.29, 0.717) is 45.2 Å². The number of carboxylic acids is 1. The molecule has 0 heterocycles. The molecule has 2 amide bonds. The van der Waals surface area contributed by atoms with Gasteiger partial charge in [-0.15, -0.1) is 0 Å². The van der Waals surface area contributed by atoms with E-state index >= 15 is 0 Å². The van der Waals surface area contributed by atoms with Crippen molar-refractivity contribution in [1.82, 2.24) is 16.0 Å². The number of carbonyl (C=O) groups is 3. The van der Waals surface area contributed by atoms with Crippen LogP contribution in [0.25, 0.3) is 0 Å². The second-order valence-electron chi connectivity index (χ2n) is 5.62. The maximum absolute atomic E-state index is 12.4. The van der Waals surface area contributed by atoms with Crippen LogP contribution in [0.4, 0.5) is 0 Å². The number of rotatable bonds is 14. The molecule has 0 unspecified atom stereocenters. The van der Waals surface area contributed by atoms with Gasteiger partial charge in [0, 0.05) is 0 Å². The van der Waals surface area contributed by atoms with E-state index in [1.54, 1.807) is 7.05 Å². The van der Waals surface area contributed by atoms with E-state index in [1.807, 2.05) is 0 Å². The lowest BCUT2D eigenvalue weighted by Gasteiger charge is -2.21. The van der Waals surface area contributed by atoms with Gasteiger partial charge < -0.3 is 32.5 Å². The van der Waals surface area contributed by atoms with Crippen molar-refractivity contribution < 1.29 is 19.5 Å². The number of hydrogen-bond acceptors (Lipinski definition) is 6. The average Bonchev–Trinajstić information content (AvgIpc) is 2.53. The normalized spacial score (nSPS) is 13.1. The van der Waals surface area contributed by atoms with Gasteiger partial charge in [0.1, 0.15) is 12.1 Å². The lowest BCUT2D eigenvalue weighted by atomic mass is 10.1. The van der Waals surface area contributed by atoms with Gasteiger partial charge in [-0.2, -0.15) is 0 Å². The average molecular weight is 345 g/mol. The second kappa shape index (κ2) is 13.7. The van der Waals surface area contributed by atoms with Crippen LogP contribution in [0.5, 0.6) is 0 Å². The van der Waals surface area contributed by atoms with Crippen LogP contribution in [-0.2, 0) is 14.4 Å². The fourth-order valence-corrected chi connectivity index (χ4v) is 2.19. The summed E-state index contributed by atoms with van der Waals surface area (Å²) in [5.74, 6) is -1.90. The first-order chi connectivity index (χ1) is 11.5. The van der Waals surface area contributed by atoms with Crippen LogP contribution < -0.4 is 27.4 Å². The molecule has 0 aliphatic rings. The van der Waals surface area contributed by atoms with Gasteiger partial charge in [0.2, 0.25) is 11.8 Å². The van der Waals surface area contributed by atoms with Crippen molar-refractivity contribution in [2.24, 2.45) is 11.5 Å². The molecule has 0 aliphatic heterocycles. The number of nitrogens with two attached hydrogens (primary N) is 2. The van der Waals surface area contributed by atoms with Gasteiger partial charge in [0.15, 0.2) is 0 Å². The monoisotopic (exact) mass is 345 g/mol. The van der Waals surface area contributed by atoms with E-state index in [9.17, 15) is 19.5 Å². The van der Waals surface area contributed by atoms with Gasteiger partial charge in [-0.25, -0.2) is 4.79 Å². The van der Waals surface area contributed by atoms with Crippen molar-refractivity contribution in [1.29, 1.82) is 0 Å². The van der Waals surface area contributed by atoms with E-state index in [4.69, 9.17) is 11.5 Å². The van der Waals surface area contributed by atoms with Gasteiger partial charge in [0.05, 0.1) is 6.54 Å². The fraction of sp³-hybridized carbons (Fsp3) is 0.800. The Hall–Kier alpha value is -1.71. The lowest BCUT2D eigenvalue weighted by Crippen LogP contribution is -2.52. The molecular weight excluding hydrogens is 314 g/mol. The Bertz CT molecular complexity index is 392. The minimum Gasteiger partial charge on any atom is -0.480 e. The third-order valence-electron chi connectivity index (χ3n) is 3.50. The number of carboxylic acid groups (broad SMARTS) is 1. The van der Waals surface area contributed by atoms with Crippen molar-refractivity contribution in [3.05, 3.63) is 0 Å². The number of unbranched alkanes of at least 4 members (excludes halogenated alkanes) is 2. The molecule has 9 nitrogen and oxygen atoms in total. The number of nitrogens with one attached hydrogen (secondary N) is 3. The predicted octanol–water partition coefficient (Wildman–Crippen LogP) is -1.48. The summed E-state index contributed by atoms with van der Waals surface area (Å²) in [6.45, 7) is 1.05. The first-order valence-corrected chi connectivity index (χ1v) is 8.33. The first-order valence-electron chi connectivity index (χ1n) is 8.33. The SMILES string of the molecule is CNCC(=O)N[C@@H](CCCCN)C(=O)N[C@@H](CCCCN)C(=O)O. The van der Waals surface area contributed by atoms with Crippen LogP contribution in [0.3, 0.4) is 0 Å². The maximum atomic E-state index is 12.4. The van der Waals surface area contributed by atoms with E-state index in [0.717, 1.165) is 6.42 Å². The Kier molecular flexibility index (Phi) is 12.7. The Balaban J connectivity index is 4.71. The van der Waals surface area contributed by atoms with E-state index in [2.05, 4.69) is 16.0 Å². The zero-order valence-corrected chi connectivity index (χ0v) is 14.3. The Morgan fingerprint density at radius 2 is 1.46 bits per heavy atom. The number of aliphatic carboxylic acids is 1. The summed E-state index contributed by atoms with van der Waals surface area (Å²) in [6.07, 6.45) is 3.41. The first kappa shape index (κ1) is 22.3. The molecule has 0 aliphatic carbocycles. The molecule has 0 aromatic heterocycles. The molecule has 0 aromatic rings. The zero-order valence-electron chi connectivity index (χ0n) is 14.3. The summed E-state index contributed by atoms with van der Waals surface area (Å²) in [5, 5.41) is 17.1. The number of amides is 2. The van der Waals surface area contributed by atoms with Crippen LogP contribution in [0.15, 0.2) is 0 Å². The quantitative estimate of drug-likeness (QED) is 0.209. The highest BCUT2D eigenvalue weighted by molar-refractivity contribution is 5.90. The van der Waals surface area contributed by atoms with Crippen LogP contribution in [0, 0.1) is 0 Å². The fourth-order valence-electron chi connectivity index (χ4n) is 2.19. The smallest absolute Gasteiger partial charge is 0.326 e. The Morgan fingerprint density at radius 1 is 0.917 bits per heavy atom. The highest BCUT2D eigenvalue weighted by Crippen LogP contribution is 2.05. The van der Waals surface area contributed by atoms with Crippen LogP contribution in [0.1, 0.15) is 38.5 Å². The van der Waals surface area contributed by atoms with Gasteiger partial charge in [0.25, 0.3) is 0 Å². The van der Waals surface area contributed by atoms with Gasteiger partial charge >= 0.3 is 5.97 Å². The molecule has 24 heavy (non-hydrogen) atoms. The summed E-state index contributed by atoms with van der Waals surface area (Å²) in [7, 11) is 1.63. The van der Waals surface area contributed by atoms with Gasteiger partial charge in [-0.1, -0.05) is 0 Å². The van der Waals surface area contributed by atoms with Crippen molar-refractivity contribution in [2.75, 3.05) is 26.7 Å². The van der Waals surface area contributed by atoms with Crippen molar-refractivity contribution in [2.45, 2.75) is 50.6 Å². The molecule has 2 atom stereocenters. The van der Waals surface area contributed by atoms with E-state index in [-0.39, 0.29) is 12.5 Å². The molecular formula is C15H31N5O4. The third kappa shape index (κ3) is 10.1. The van der Waals surface area contributed by atoms with Crippen molar-refractivity contribution >= 4 is 17.8 Å². The molecule has 0 spiro atoms. The second-order valence-corrected chi connectivity index (χ2v) is 5.62. The molecule has 8 N–H and O–H groups in total. The summed E-state index contributed by atoms with van der Waals surface area (Å²) in [4.78, 5) is 35.3. The summed E-state index contributed by atoms with van der Waals surface area (Å²) in [6, 6.07) is -1.75. The van der Waals surface area contributed by atoms with E-state index in [1.165, 1.54) is 0 Å². The largest absolute Gasteiger partial charge is 0.480 e. The van der Waals surface area contributed by atoms with Gasteiger partial charge in [-0.3, -0.25) is 9.59 Å². The minimum atomic E-state index is -1.09. The molecule has 0 fully saturated rings. The molecule has 0 bridgehead atoms. The highest BCUT2D eigenvalue weighted by atomic mass is 16.4. The minimum absolute atomic E-state index is 0.0829. The number of likely N-dealkylation sites (N-methyl/N-ethyl adjacent to an activating group) is 1. The molecule has 0 rings (SSSR count). The summed E-state index contributed by atoms with van der Waals surface area (Å²) < 4.78 is 0. The van der Waals surface area contributed by atoms with Crippen LogP contribution in [0.2, 0.25) is 0 Å². The zero-order chi connectivity index (χ0) is 18.4. The van der Waals surface area contributed by atoms with Crippen LogP contribution >= 0.6 is 0 Å². The highest BCUT2D eigenvalue weighted by Gasteiger charge is 2.25. The van der Waals surface area contributed by atoms with E-state index < -0.39 is 24.0 Å². The molecule has 140 valence electrons. The standard InChI is InChI=1S/C15H31N5O4/c1-18-10-13(21)19-11(6-2-4-8-16)14(22)20-12(15(23)24)7-3-5-9-17/h11-12,18H,2-10,16-17H2,1H3,(H,19,21)(H,20,22)(H,23,24)/t11-,12-/m0/s1.